The van der Waals surface area contributed by atoms with Crippen LogP contribution in [0.2, 0.25) is 0 Å². The molecule has 204 valence electrons. The van der Waals surface area contributed by atoms with Crippen LogP contribution in [0.25, 0.3) is 10.8 Å². The van der Waals surface area contributed by atoms with Gasteiger partial charge in [0.2, 0.25) is 0 Å². The van der Waals surface area contributed by atoms with Crippen LogP contribution in [-0.4, -0.2) is 63.3 Å². The number of carbonyl (C=O) groups is 1. The molecular weight excluding hydrogens is 535 g/mol. The first-order valence-electron chi connectivity index (χ1n) is 11.6. The fourth-order valence-electron chi connectivity index (χ4n) is 4.12. The van der Waals surface area contributed by atoms with E-state index in [4.69, 9.17) is 36.1 Å². The minimum Gasteiger partial charge on any atom is -0.468 e. The lowest BCUT2D eigenvalue weighted by Gasteiger charge is -2.28. The van der Waals surface area contributed by atoms with E-state index >= 15 is 0 Å². The van der Waals surface area contributed by atoms with Crippen LogP contribution < -0.4 is 21.0 Å². The van der Waals surface area contributed by atoms with Gasteiger partial charge in [0.05, 0.1) is 13.7 Å². The predicted octanol–water partition coefficient (Wildman–Crippen LogP) is 1.46. The minimum absolute atomic E-state index is 0.00129. The molecule has 0 saturated carbocycles. The fraction of sp³-hybridized carbons (Fsp3) is 0.375. The van der Waals surface area contributed by atoms with Crippen molar-refractivity contribution in [1.29, 1.82) is 0 Å². The summed E-state index contributed by atoms with van der Waals surface area (Å²) in [6.45, 7) is -0.953. The molecule has 5 unspecified atom stereocenters. The number of nitrogen functional groups attached to an aromatic ring is 1. The van der Waals surface area contributed by atoms with Crippen molar-refractivity contribution in [2.24, 2.45) is 0 Å². The Labute approximate surface area is 223 Å². The summed E-state index contributed by atoms with van der Waals surface area (Å²) < 4.78 is 23.8. The summed E-state index contributed by atoms with van der Waals surface area (Å²) >= 11 is 5.75. The molecule has 12 nitrogen and oxygen atoms in total. The Morgan fingerprint density at radius 2 is 2.03 bits per heavy atom. The molecule has 1 aliphatic rings. The third-order valence-electron chi connectivity index (χ3n) is 6.14. The van der Waals surface area contributed by atoms with Gasteiger partial charge >= 0.3 is 18.3 Å². The summed E-state index contributed by atoms with van der Waals surface area (Å²) in [5.41, 5.74) is 2.90. The maximum atomic E-state index is 12.4. The second-order valence-corrected chi connectivity index (χ2v) is 12.1. The molecule has 1 aromatic heterocycles. The van der Waals surface area contributed by atoms with E-state index in [1.807, 2.05) is 30.3 Å². The zero-order chi connectivity index (χ0) is 27.7. The van der Waals surface area contributed by atoms with E-state index in [1.54, 1.807) is 19.1 Å². The van der Waals surface area contributed by atoms with Crippen molar-refractivity contribution in [2.45, 2.75) is 43.9 Å². The summed E-state index contributed by atoms with van der Waals surface area (Å²) in [5.74, 6) is -0.158. The van der Waals surface area contributed by atoms with Gasteiger partial charge in [-0.2, -0.15) is 4.98 Å². The smallest absolute Gasteiger partial charge is 0.351 e. The number of aliphatic hydroxyl groups is 2. The highest BCUT2D eigenvalue weighted by Crippen LogP contribution is 2.48. The molecule has 14 heteroatoms. The Hall–Kier alpha value is -2.90. The number of nitrogens with two attached hydrogens (primary N) is 1. The molecule has 2 heterocycles. The molecule has 0 spiro atoms. The number of hydrogen-bond donors (Lipinski definition) is 4. The van der Waals surface area contributed by atoms with Crippen molar-refractivity contribution in [2.75, 3.05) is 19.5 Å². The number of carbonyl (C=O) groups excluding carboxylic acids is 1. The minimum atomic E-state index is -3.49. The molecule has 2 aromatic carbocycles. The topological polar surface area (TPSA) is 167 Å². The van der Waals surface area contributed by atoms with Gasteiger partial charge < -0.3 is 34.5 Å². The van der Waals surface area contributed by atoms with Crippen molar-refractivity contribution >= 4 is 41.0 Å². The molecule has 0 aliphatic carbocycles. The quantitative estimate of drug-likeness (QED) is 0.219. The Morgan fingerprint density at radius 3 is 2.74 bits per heavy atom. The van der Waals surface area contributed by atoms with Crippen molar-refractivity contribution in [3.63, 3.8) is 0 Å². The highest BCUT2D eigenvalue weighted by atomic mass is 32.5. The first kappa shape index (κ1) is 28.1. The zero-order valence-electron chi connectivity index (χ0n) is 20.9. The summed E-state index contributed by atoms with van der Waals surface area (Å²) in [6.07, 6.45) is -2.57. The Morgan fingerprint density at radius 1 is 1.32 bits per heavy atom. The molecule has 3 aromatic rings. The maximum Gasteiger partial charge on any atom is 0.351 e. The number of hydrogen-bond acceptors (Lipinski definition) is 11. The average Bonchev–Trinajstić information content (AvgIpc) is 3.10. The van der Waals surface area contributed by atoms with Crippen LogP contribution in [0.5, 0.6) is 5.75 Å². The lowest BCUT2D eigenvalue weighted by Crippen LogP contribution is -2.46. The van der Waals surface area contributed by atoms with E-state index in [0.29, 0.717) is 5.75 Å². The first-order valence-corrected chi connectivity index (χ1v) is 14.3. The van der Waals surface area contributed by atoms with Crippen LogP contribution in [0.3, 0.4) is 0 Å². The van der Waals surface area contributed by atoms with E-state index in [9.17, 15) is 19.8 Å². The van der Waals surface area contributed by atoms with Gasteiger partial charge in [0.15, 0.2) is 6.23 Å². The number of methoxy groups -OCH3 is 1. The van der Waals surface area contributed by atoms with Gasteiger partial charge in [-0.3, -0.25) is 9.36 Å². The van der Waals surface area contributed by atoms with Crippen LogP contribution in [0.1, 0.15) is 20.1 Å². The Kier molecular flexibility index (Phi) is 8.19. The lowest BCUT2D eigenvalue weighted by molar-refractivity contribution is -0.142. The van der Waals surface area contributed by atoms with E-state index in [1.165, 1.54) is 26.3 Å². The van der Waals surface area contributed by atoms with Crippen molar-refractivity contribution in [1.82, 2.24) is 14.6 Å². The standard InChI is InChI=1S/C24H29N4O8PS/c1-14(21(30)33-3)27-37(38,36-17-10-6-8-15-7-4-5-9-16(15)17)34-13-18-20(29)24(2,32)22(35-18)28-12-11-19(25)26-23(28)31/h4-12,14,18,20,22,29,32H,13H2,1-3H3,(H,27,38)(H2,25,26,31)/t14?,18?,20?,22-,24?,37?/m1/s1. The SMILES string of the molecule is COC(=O)C(C)NP(=S)(OCC1O[C@@H](n2ccc(N)nc2=O)C(C)(O)C1O)Oc1cccc2ccccc12. The maximum absolute atomic E-state index is 12.4. The largest absolute Gasteiger partial charge is 0.468 e. The second-order valence-electron chi connectivity index (χ2n) is 8.98. The molecule has 6 atom stereocenters. The number of ether oxygens (including phenoxy) is 2. The van der Waals surface area contributed by atoms with Gasteiger partial charge in [0.1, 0.15) is 35.4 Å². The lowest BCUT2D eigenvalue weighted by atomic mass is 9.96. The van der Waals surface area contributed by atoms with Crippen LogP contribution in [0, 0.1) is 0 Å². The molecular formula is C24H29N4O8PS. The van der Waals surface area contributed by atoms with Gasteiger partial charge in [0, 0.05) is 11.6 Å². The van der Waals surface area contributed by atoms with Gasteiger partial charge in [-0.05, 0) is 43.2 Å². The van der Waals surface area contributed by atoms with Crippen molar-refractivity contribution in [3.8, 4) is 5.75 Å². The van der Waals surface area contributed by atoms with Crippen LogP contribution in [-0.2, 0) is 30.6 Å². The third kappa shape index (κ3) is 5.74. The van der Waals surface area contributed by atoms with Gasteiger partial charge in [-0.25, -0.2) is 9.88 Å². The highest BCUT2D eigenvalue weighted by Gasteiger charge is 2.54. The Balaban J connectivity index is 1.59. The predicted molar refractivity (Wildman–Crippen MR) is 143 cm³/mol. The van der Waals surface area contributed by atoms with Gasteiger partial charge in [-0.1, -0.05) is 36.4 Å². The van der Waals surface area contributed by atoms with E-state index in [-0.39, 0.29) is 12.4 Å². The number of nitrogens with one attached hydrogen (secondary N) is 1. The molecule has 1 aliphatic heterocycles. The van der Waals surface area contributed by atoms with Crippen LogP contribution >= 0.6 is 6.64 Å². The van der Waals surface area contributed by atoms with Crippen LogP contribution in [0.15, 0.2) is 59.5 Å². The van der Waals surface area contributed by atoms with E-state index in [0.717, 1.165) is 15.3 Å². The number of aliphatic hydroxyl groups excluding tert-OH is 1. The summed E-state index contributed by atoms with van der Waals surface area (Å²) in [6, 6.07) is 13.4. The van der Waals surface area contributed by atoms with Crippen LogP contribution in [0.4, 0.5) is 5.82 Å². The number of benzene rings is 2. The number of esters is 1. The summed E-state index contributed by atoms with van der Waals surface area (Å²) in [7, 11) is 1.25. The first-order chi connectivity index (χ1) is 17.9. The third-order valence-corrected chi connectivity index (χ3v) is 8.63. The molecule has 1 saturated heterocycles. The molecule has 38 heavy (non-hydrogen) atoms. The Bertz CT molecular complexity index is 1430. The highest BCUT2D eigenvalue weighted by molar-refractivity contribution is 8.09. The molecule has 4 rings (SSSR count). The zero-order valence-corrected chi connectivity index (χ0v) is 22.6. The molecule has 0 radical (unpaired) electrons. The monoisotopic (exact) mass is 564 g/mol. The van der Waals surface area contributed by atoms with Crippen molar-refractivity contribution < 1.29 is 33.5 Å². The summed E-state index contributed by atoms with van der Waals surface area (Å²) in [5, 5.41) is 26.4. The molecule has 0 amide bonds. The van der Waals surface area contributed by atoms with E-state index < -0.39 is 48.4 Å². The normalized spacial score (nSPS) is 25.6. The number of anilines is 1. The second kappa shape index (κ2) is 11.1. The number of rotatable bonds is 9. The van der Waals surface area contributed by atoms with Gasteiger partial charge in [0.25, 0.3) is 0 Å². The fourth-order valence-corrected chi connectivity index (χ4v) is 6.53. The molecule has 0 bridgehead atoms. The van der Waals surface area contributed by atoms with E-state index in [2.05, 4.69) is 10.1 Å². The summed E-state index contributed by atoms with van der Waals surface area (Å²) in [4.78, 5) is 28.1. The average molecular weight is 565 g/mol. The number of nitrogens with zero attached hydrogens (tertiary/aromatic N) is 2. The van der Waals surface area contributed by atoms with Gasteiger partial charge in [-0.15, -0.1) is 0 Å². The molecule has 1 fully saturated rings. The van der Waals surface area contributed by atoms with Crippen molar-refractivity contribution in [3.05, 3.63) is 65.2 Å². The number of fused-ring (bicyclic) bond motifs is 1. The molecule has 5 N–H and O–H groups in total. The number of aromatic nitrogens is 2.